The van der Waals surface area contributed by atoms with Crippen molar-refractivity contribution in [2.75, 3.05) is 19.6 Å². The standard InChI is InChI=1S/C18H26N4S/c1-3-16-14-22-17(23-16)11-13-21-18(19-4-2)20-12-10-15-8-6-5-7-9-15/h5-9,14H,3-4,10-13H2,1-2H3,(H2,19,20,21). The molecule has 1 heterocycles. The van der Waals surface area contributed by atoms with Gasteiger partial charge < -0.3 is 10.6 Å². The molecule has 2 N–H and O–H groups in total. The van der Waals surface area contributed by atoms with Crippen LogP contribution in [0.1, 0.15) is 29.3 Å². The molecule has 2 rings (SSSR count). The first-order valence-electron chi connectivity index (χ1n) is 8.31. The SMILES string of the molecule is CCNC(=NCCc1ncc(CC)s1)NCCc1ccccc1. The van der Waals surface area contributed by atoms with Crippen LogP contribution in [0, 0.1) is 0 Å². The summed E-state index contributed by atoms with van der Waals surface area (Å²) in [5, 5.41) is 7.86. The average molecular weight is 331 g/mol. The molecule has 0 saturated heterocycles. The van der Waals surface area contributed by atoms with Crippen LogP contribution in [0.4, 0.5) is 0 Å². The molecule has 124 valence electrons. The van der Waals surface area contributed by atoms with Crippen LogP contribution in [0.3, 0.4) is 0 Å². The summed E-state index contributed by atoms with van der Waals surface area (Å²) in [4.78, 5) is 10.4. The van der Waals surface area contributed by atoms with Crippen molar-refractivity contribution < 1.29 is 0 Å². The number of aliphatic imine (C=N–C) groups is 1. The third-order valence-corrected chi connectivity index (χ3v) is 4.64. The zero-order valence-electron chi connectivity index (χ0n) is 14.0. The molecule has 5 heteroatoms. The van der Waals surface area contributed by atoms with Crippen LogP contribution in [0.5, 0.6) is 0 Å². The van der Waals surface area contributed by atoms with Crippen molar-refractivity contribution in [2.24, 2.45) is 4.99 Å². The summed E-state index contributed by atoms with van der Waals surface area (Å²) in [5.74, 6) is 0.885. The second-order valence-electron chi connectivity index (χ2n) is 5.25. The Bertz CT molecular complexity index is 592. The average Bonchev–Trinajstić information content (AvgIpc) is 3.04. The minimum absolute atomic E-state index is 0.761. The first-order valence-corrected chi connectivity index (χ1v) is 9.13. The lowest BCUT2D eigenvalue weighted by molar-refractivity contribution is 0.796. The Morgan fingerprint density at radius 2 is 1.96 bits per heavy atom. The van der Waals surface area contributed by atoms with Gasteiger partial charge in [0.25, 0.3) is 0 Å². The van der Waals surface area contributed by atoms with E-state index >= 15 is 0 Å². The Kier molecular flexibility index (Phi) is 7.60. The van der Waals surface area contributed by atoms with Gasteiger partial charge >= 0.3 is 0 Å². The van der Waals surface area contributed by atoms with Crippen LogP contribution < -0.4 is 10.6 Å². The maximum Gasteiger partial charge on any atom is 0.191 e. The molecule has 4 nitrogen and oxygen atoms in total. The van der Waals surface area contributed by atoms with Crippen LogP contribution in [0.15, 0.2) is 41.5 Å². The fourth-order valence-electron chi connectivity index (χ4n) is 2.20. The Morgan fingerprint density at radius 3 is 2.65 bits per heavy atom. The van der Waals surface area contributed by atoms with Crippen LogP contribution in [0.25, 0.3) is 0 Å². The maximum atomic E-state index is 4.64. The van der Waals surface area contributed by atoms with Gasteiger partial charge in [0.05, 0.1) is 5.01 Å². The fraction of sp³-hybridized carbons (Fsp3) is 0.444. The highest BCUT2D eigenvalue weighted by molar-refractivity contribution is 7.11. The van der Waals surface area contributed by atoms with Gasteiger partial charge in [-0.25, -0.2) is 4.98 Å². The minimum atomic E-state index is 0.761. The van der Waals surface area contributed by atoms with Gasteiger partial charge in [0.2, 0.25) is 0 Å². The zero-order valence-corrected chi connectivity index (χ0v) is 14.8. The summed E-state index contributed by atoms with van der Waals surface area (Å²) in [5.41, 5.74) is 1.34. The molecule has 1 aromatic carbocycles. The van der Waals surface area contributed by atoms with Crippen LogP contribution in [-0.4, -0.2) is 30.6 Å². The normalized spacial score (nSPS) is 11.5. The zero-order chi connectivity index (χ0) is 16.3. The van der Waals surface area contributed by atoms with Gasteiger partial charge in [-0.2, -0.15) is 0 Å². The van der Waals surface area contributed by atoms with Gasteiger partial charge in [0.1, 0.15) is 0 Å². The van der Waals surface area contributed by atoms with Gasteiger partial charge in [-0.3, -0.25) is 4.99 Å². The van der Waals surface area contributed by atoms with E-state index in [1.54, 1.807) is 11.3 Å². The Morgan fingerprint density at radius 1 is 1.13 bits per heavy atom. The molecule has 0 aliphatic carbocycles. The number of rotatable bonds is 8. The van der Waals surface area contributed by atoms with Crippen LogP contribution >= 0.6 is 11.3 Å². The van der Waals surface area contributed by atoms with Crippen molar-refractivity contribution in [3.8, 4) is 0 Å². The molecule has 0 saturated carbocycles. The van der Waals surface area contributed by atoms with Crippen molar-refractivity contribution in [1.29, 1.82) is 0 Å². The number of nitrogens with zero attached hydrogens (tertiary/aromatic N) is 2. The number of nitrogens with one attached hydrogen (secondary N) is 2. The molecular formula is C18H26N4S. The highest BCUT2D eigenvalue weighted by Crippen LogP contribution is 2.13. The summed E-state index contributed by atoms with van der Waals surface area (Å²) in [6, 6.07) is 10.5. The Balaban J connectivity index is 1.77. The summed E-state index contributed by atoms with van der Waals surface area (Å²) in [7, 11) is 0. The van der Waals surface area contributed by atoms with E-state index in [4.69, 9.17) is 0 Å². The highest BCUT2D eigenvalue weighted by atomic mass is 32.1. The van der Waals surface area contributed by atoms with Crippen molar-refractivity contribution in [3.63, 3.8) is 0 Å². The summed E-state index contributed by atoms with van der Waals surface area (Å²) in [6.07, 6.45) is 4.94. The van der Waals surface area contributed by atoms with Crippen molar-refractivity contribution >= 4 is 17.3 Å². The third kappa shape index (κ3) is 6.40. The molecule has 23 heavy (non-hydrogen) atoms. The van der Waals surface area contributed by atoms with E-state index in [0.717, 1.165) is 44.9 Å². The third-order valence-electron chi connectivity index (χ3n) is 3.44. The van der Waals surface area contributed by atoms with E-state index in [1.807, 2.05) is 12.3 Å². The number of aromatic nitrogens is 1. The number of hydrogen-bond acceptors (Lipinski definition) is 3. The molecule has 0 radical (unpaired) electrons. The van der Waals surface area contributed by atoms with Crippen molar-refractivity contribution in [1.82, 2.24) is 15.6 Å². The molecule has 0 amide bonds. The molecule has 1 aromatic heterocycles. The molecule has 0 atom stereocenters. The molecule has 0 bridgehead atoms. The summed E-state index contributed by atoms with van der Waals surface area (Å²) in [6.45, 7) is 6.76. The monoisotopic (exact) mass is 330 g/mol. The molecule has 0 unspecified atom stereocenters. The van der Waals surface area contributed by atoms with E-state index in [-0.39, 0.29) is 0 Å². The first kappa shape index (κ1) is 17.5. The second kappa shape index (κ2) is 10.0. The van der Waals surface area contributed by atoms with E-state index in [1.165, 1.54) is 15.4 Å². The predicted molar refractivity (Wildman–Crippen MR) is 99.3 cm³/mol. The molecule has 0 spiro atoms. The van der Waals surface area contributed by atoms with Gasteiger partial charge in [-0.1, -0.05) is 37.3 Å². The fourth-order valence-corrected chi connectivity index (χ4v) is 3.05. The lowest BCUT2D eigenvalue weighted by Crippen LogP contribution is -2.38. The van der Waals surface area contributed by atoms with Gasteiger partial charge in [0.15, 0.2) is 5.96 Å². The lowest BCUT2D eigenvalue weighted by atomic mass is 10.1. The quantitative estimate of drug-likeness (QED) is 0.578. The predicted octanol–water partition coefficient (Wildman–Crippen LogP) is 3.05. The van der Waals surface area contributed by atoms with Crippen LogP contribution in [0.2, 0.25) is 0 Å². The van der Waals surface area contributed by atoms with Gasteiger partial charge in [-0.15, -0.1) is 11.3 Å². The number of aryl methyl sites for hydroxylation is 1. The first-order chi connectivity index (χ1) is 11.3. The van der Waals surface area contributed by atoms with Gasteiger partial charge in [0, 0.05) is 37.1 Å². The van der Waals surface area contributed by atoms with Crippen LogP contribution in [-0.2, 0) is 19.3 Å². The van der Waals surface area contributed by atoms with Crippen molar-refractivity contribution in [2.45, 2.75) is 33.1 Å². The van der Waals surface area contributed by atoms with Crippen molar-refractivity contribution in [3.05, 3.63) is 52.0 Å². The minimum Gasteiger partial charge on any atom is -0.357 e. The van der Waals surface area contributed by atoms with E-state index < -0.39 is 0 Å². The Hall–Kier alpha value is -1.88. The molecule has 0 fully saturated rings. The number of benzene rings is 1. The molecule has 2 aromatic rings. The molecule has 0 aliphatic rings. The lowest BCUT2D eigenvalue weighted by Gasteiger charge is -2.11. The molecule has 0 aliphatic heterocycles. The smallest absolute Gasteiger partial charge is 0.191 e. The summed E-state index contributed by atoms with van der Waals surface area (Å²) < 4.78 is 0. The van der Waals surface area contributed by atoms with E-state index in [2.05, 4.69) is 58.7 Å². The second-order valence-corrected chi connectivity index (χ2v) is 6.45. The van der Waals surface area contributed by atoms with E-state index in [0.29, 0.717) is 0 Å². The summed E-state index contributed by atoms with van der Waals surface area (Å²) >= 11 is 1.79. The Labute approximate surface area is 143 Å². The highest BCUT2D eigenvalue weighted by Gasteiger charge is 2.01. The number of thiazole rings is 1. The maximum absolute atomic E-state index is 4.64. The van der Waals surface area contributed by atoms with Gasteiger partial charge in [-0.05, 0) is 25.3 Å². The van der Waals surface area contributed by atoms with E-state index in [9.17, 15) is 0 Å². The largest absolute Gasteiger partial charge is 0.357 e. The number of guanidine groups is 1. The molecular weight excluding hydrogens is 304 g/mol. The number of hydrogen-bond donors (Lipinski definition) is 2. The topological polar surface area (TPSA) is 49.3 Å².